The van der Waals surface area contributed by atoms with Gasteiger partial charge in [0.25, 0.3) is 0 Å². The second-order valence-corrected chi connectivity index (χ2v) is 5.73. The van der Waals surface area contributed by atoms with Gasteiger partial charge in [-0.15, -0.1) is 0 Å². The predicted octanol–water partition coefficient (Wildman–Crippen LogP) is 4.81. The summed E-state index contributed by atoms with van der Waals surface area (Å²) >= 11 is 6.08. The third-order valence-electron chi connectivity index (χ3n) is 3.76. The van der Waals surface area contributed by atoms with Crippen LogP contribution in [0.5, 0.6) is 5.88 Å². The molecule has 0 aliphatic carbocycles. The smallest absolute Gasteiger partial charge is 0.337 e. The van der Waals surface area contributed by atoms with E-state index >= 15 is 0 Å². The molecule has 0 aliphatic rings. The number of hydrogen-bond donors (Lipinski definition) is 0. The van der Waals surface area contributed by atoms with E-state index in [1.165, 1.54) is 7.11 Å². The number of rotatable bonds is 4. The van der Waals surface area contributed by atoms with Crippen molar-refractivity contribution in [2.45, 2.75) is 13.0 Å². The van der Waals surface area contributed by atoms with Crippen LogP contribution in [0.25, 0.3) is 10.8 Å². The van der Waals surface area contributed by atoms with Crippen molar-refractivity contribution < 1.29 is 14.3 Å². The third-order valence-corrected chi connectivity index (χ3v) is 3.96. The lowest BCUT2D eigenvalue weighted by Gasteiger charge is -2.16. The molecule has 1 unspecified atom stereocenters. The van der Waals surface area contributed by atoms with E-state index in [0.29, 0.717) is 16.6 Å². The average Bonchev–Trinajstić information content (AvgIpc) is 2.61. The highest BCUT2D eigenvalue weighted by Crippen LogP contribution is 2.30. The Morgan fingerprint density at radius 1 is 1.12 bits per heavy atom. The van der Waals surface area contributed by atoms with Crippen LogP contribution in [0.2, 0.25) is 5.15 Å². The molecule has 0 amide bonds. The number of carbonyl (C=O) groups is 1. The summed E-state index contributed by atoms with van der Waals surface area (Å²) < 4.78 is 10.7. The average molecular weight is 342 g/mol. The van der Waals surface area contributed by atoms with E-state index in [-0.39, 0.29) is 12.1 Å². The Labute approximate surface area is 145 Å². The third kappa shape index (κ3) is 3.34. The highest BCUT2D eigenvalue weighted by atomic mass is 35.5. The molecule has 24 heavy (non-hydrogen) atoms. The minimum atomic E-state index is -0.363. The monoisotopic (exact) mass is 341 g/mol. The molecular formula is C19H16ClNO3. The van der Waals surface area contributed by atoms with Crippen LogP contribution in [0.4, 0.5) is 0 Å². The van der Waals surface area contributed by atoms with Crippen molar-refractivity contribution in [1.29, 1.82) is 0 Å². The number of aromatic nitrogens is 1. The number of hydrogen-bond acceptors (Lipinski definition) is 4. The molecule has 1 heterocycles. The summed E-state index contributed by atoms with van der Waals surface area (Å²) in [6.07, 6.45) is -0.244. The molecule has 0 fully saturated rings. The molecule has 0 saturated carbocycles. The molecule has 0 spiro atoms. The number of ether oxygens (including phenoxy) is 2. The number of benzene rings is 2. The lowest BCUT2D eigenvalue weighted by molar-refractivity contribution is 0.0600. The van der Waals surface area contributed by atoms with E-state index in [1.54, 1.807) is 18.2 Å². The van der Waals surface area contributed by atoms with Crippen molar-refractivity contribution in [2.24, 2.45) is 0 Å². The van der Waals surface area contributed by atoms with E-state index in [2.05, 4.69) is 4.98 Å². The van der Waals surface area contributed by atoms with Gasteiger partial charge in [0, 0.05) is 5.39 Å². The molecule has 0 N–H and O–H groups in total. The molecule has 1 aromatic heterocycles. The van der Waals surface area contributed by atoms with E-state index < -0.39 is 0 Å². The quantitative estimate of drug-likeness (QED) is 0.504. The van der Waals surface area contributed by atoms with Crippen molar-refractivity contribution in [1.82, 2.24) is 4.98 Å². The molecule has 122 valence electrons. The van der Waals surface area contributed by atoms with Gasteiger partial charge in [-0.1, -0.05) is 41.9 Å². The number of fused-ring (bicyclic) bond motifs is 1. The summed E-state index contributed by atoms with van der Waals surface area (Å²) in [5.74, 6) is 0.125. The van der Waals surface area contributed by atoms with Crippen LogP contribution in [0, 0.1) is 0 Å². The Bertz CT molecular complexity index is 877. The first-order chi connectivity index (χ1) is 11.6. The normalized spacial score (nSPS) is 12.0. The molecule has 0 radical (unpaired) electrons. The Kier molecular flexibility index (Phi) is 4.67. The van der Waals surface area contributed by atoms with Crippen molar-refractivity contribution in [3.8, 4) is 5.88 Å². The van der Waals surface area contributed by atoms with E-state index in [0.717, 1.165) is 16.3 Å². The largest absolute Gasteiger partial charge is 0.469 e. The van der Waals surface area contributed by atoms with Gasteiger partial charge in [-0.3, -0.25) is 0 Å². The number of esters is 1. The van der Waals surface area contributed by atoms with Crippen molar-refractivity contribution in [2.75, 3.05) is 7.11 Å². The van der Waals surface area contributed by atoms with Gasteiger partial charge in [-0.25, -0.2) is 9.78 Å². The van der Waals surface area contributed by atoms with E-state index in [9.17, 15) is 4.79 Å². The van der Waals surface area contributed by atoms with Crippen LogP contribution >= 0.6 is 11.6 Å². The van der Waals surface area contributed by atoms with Crippen molar-refractivity contribution in [3.05, 3.63) is 70.9 Å². The van der Waals surface area contributed by atoms with Crippen LogP contribution in [0.1, 0.15) is 28.9 Å². The van der Waals surface area contributed by atoms with Gasteiger partial charge in [0.05, 0.1) is 12.7 Å². The van der Waals surface area contributed by atoms with E-state index in [4.69, 9.17) is 21.1 Å². The van der Waals surface area contributed by atoms with Crippen LogP contribution in [-0.2, 0) is 4.74 Å². The molecule has 1 atom stereocenters. The molecule has 2 aromatic carbocycles. The lowest BCUT2D eigenvalue weighted by atomic mass is 10.1. The van der Waals surface area contributed by atoms with Gasteiger partial charge in [0.2, 0.25) is 5.88 Å². The highest BCUT2D eigenvalue weighted by Gasteiger charge is 2.13. The van der Waals surface area contributed by atoms with Crippen molar-refractivity contribution >= 4 is 28.3 Å². The van der Waals surface area contributed by atoms with Gasteiger partial charge in [0.15, 0.2) is 0 Å². The molecule has 3 rings (SSSR count). The van der Waals surface area contributed by atoms with E-state index in [1.807, 2.05) is 43.3 Å². The first-order valence-corrected chi connectivity index (χ1v) is 7.86. The summed E-state index contributed by atoms with van der Waals surface area (Å²) in [5.41, 5.74) is 1.42. The molecule has 0 saturated heterocycles. The minimum absolute atomic E-state index is 0.244. The first-order valence-electron chi connectivity index (χ1n) is 7.48. The zero-order valence-corrected chi connectivity index (χ0v) is 14.1. The maximum atomic E-state index is 11.5. The van der Waals surface area contributed by atoms with Gasteiger partial charge >= 0.3 is 5.97 Å². The van der Waals surface area contributed by atoms with Gasteiger partial charge < -0.3 is 9.47 Å². The summed E-state index contributed by atoms with van der Waals surface area (Å²) in [6.45, 7) is 1.92. The Morgan fingerprint density at radius 3 is 2.54 bits per heavy atom. The fourth-order valence-electron chi connectivity index (χ4n) is 2.47. The predicted molar refractivity (Wildman–Crippen MR) is 93.6 cm³/mol. The fourth-order valence-corrected chi connectivity index (χ4v) is 2.66. The second kappa shape index (κ2) is 6.89. The van der Waals surface area contributed by atoms with Gasteiger partial charge in [0.1, 0.15) is 11.3 Å². The first kappa shape index (κ1) is 16.3. The Morgan fingerprint density at radius 2 is 1.83 bits per heavy atom. The van der Waals surface area contributed by atoms with Crippen LogP contribution in [0.3, 0.4) is 0 Å². The Hall–Kier alpha value is -2.59. The number of methoxy groups -OCH3 is 1. The number of halogens is 1. The molecule has 0 bridgehead atoms. The SMILES string of the molecule is COC(=O)c1ccc(C(C)Oc2nc(Cl)cc3ccccc23)cc1. The van der Waals surface area contributed by atoms with Gasteiger partial charge in [-0.05, 0) is 42.1 Å². The topological polar surface area (TPSA) is 48.4 Å². The molecule has 3 aromatic rings. The van der Waals surface area contributed by atoms with Crippen LogP contribution in [0.15, 0.2) is 54.6 Å². The number of carbonyl (C=O) groups excluding carboxylic acids is 1. The summed E-state index contributed by atoms with van der Waals surface area (Å²) in [4.78, 5) is 15.8. The summed E-state index contributed by atoms with van der Waals surface area (Å²) in [7, 11) is 1.36. The molecular weight excluding hydrogens is 326 g/mol. The lowest BCUT2D eigenvalue weighted by Crippen LogP contribution is -2.06. The molecule has 4 nitrogen and oxygen atoms in total. The summed E-state index contributed by atoms with van der Waals surface area (Å²) in [6, 6.07) is 16.7. The number of nitrogens with zero attached hydrogens (tertiary/aromatic N) is 1. The number of pyridine rings is 1. The highest BCUT2D eigenvalue weighted by molar-refractivity contribution is 6.30. The van der Waals surface area contributed by atoms with Crippen molar-refractivity contribution in [3.63, 3.8) is 0 Å². The second-order valence-electron chi connectivity index (χ2n) is 5.34. The standard InChI is InChI=1S/C19H16ClNO3/c1-12(13-7-9-14(10-8-13)19(22)23-2)24-18-16-6-4-3-5-15(16)11-17(20)21-18/h3-12H,1-2H3. The maximum Gasteiger partial charge on any atom is 0.337 e. The zero-order valence-electron chi connectivity index (χ0n) is 13.3. The van der Waals surface area contributed by atoms with Crippen LogP contribution < -0.4 is 4.74 Å². The zero-order chi connectivity index (χ0) is 17.1. The maximum absolute atomic E-state index is 11.5. The fraction of sp³-hybridized carbons (Fsp3) is 0.158. The van der Waals surface area contributed by atoms with Gasteiger partial charge in [-0.2, -0.15) is 0 Å². The summed E-state index contributed by atoms with van der Waals surface area (Å²) in [5, 5.41) is 2.26. The molecule has 5 heteroatoms. The molecule has 0 aliphatic heterocycles. The van der Waals surface area contributed by atoms with Crippen LogP contribution in [-0.4, -0.2) is 18.1 Å². The Balaban J connectivity index is 1.87. The minimum Gasteiger partial charge on any atom is -0.469 e.